The SMILES string of the molecule is [O-][S+](CCO)CCn1ccc2ncnc(NC3=CC(Cl)C(Oc4cccc(C(F)(F)F)c4)C=C3)c21. The molecule has 2 aromatic heterocycles. The smallest absolute Gasteiger partial charge is 0.416 e. The summed E-state index contributed by atoms with van der Waals surface area (Å²) in [4.78, 5) is 8.59. The van der Waals surface area contributed by atoms with Crippen LogP contribution in [0.4, 0.5) is 19.0 Å². The lowest BCUT2D eigenvalue weighted by atomic mass is 10.1. The van der Waals surface area contributed by atoms with Crippen LogP contribution in [0, 0.1) is 0 Å². The van der Waals surface area contributed by atoms with Crippen molar-refractivity contribution in [2.75, 3.05) is 23.4 Å². The molecular weight excluding hydrogens is 505 g/mol. The van der Waals surface area contributed by atoms with Crippen molar-refractivity contribution in [3.8, 4) is 5.75 Å². The Balaban J connectivity index is 1.46. The number of benzene rings is 1. The van der Waals surface area contributed by atoms with Gasteiger partial charge < -0.3 is 24.3 Å². The van der Waals surface area contributed by atoms with E-state index in [0.29, 0.717) is 29.3 Å². The molecule has 1 aliphatic carbocycles. The molecule has 0 radical (unpaired) electrons. The van der Waals surface area contributed by atoms with Gasteiger partial charge in [0, 0.05) is 11.9 Å². The molecule has 3 unspecified atom stereocenters. The van der Waals surface area contributed by atoms with Gasteiger partial charge in [-0.15, -0.1) is 11.6 Å². The molecule has 7 nitrogen and oxygen atoms in total. The summed E-state index contributed by atoms with van der Waals surface area (Å²) >= 11 is 5.32. The molecule has 0 bridgehead atoms. The highest BCUT2D eigenvalue weighted by molar-refractivity contribution is 7.91. The summed E-state index contributed by atoms with van der Waals surface area (Å²) in [6, 6.07) is 6.47. The number of fused-ring (bicyclic) bond motifs is 1. The van der Waals surface area contributed by atoms with Gasteiger partial charge in [-0.1, -0.05) is 6.07 Å². The minimum atomic E-state index is -4.46. The van der Waals surface area contributed by atoms with E-state index in [1.165, 1.54) is 18.5 Å². The molecule has 2 N–H and O–H groups in total. The zero-order valence-corrected chi connectivity index (χ0v) is 19.9. The molecule has 0 saturated carbocycles. The van der Waals surface area contributed by atoms with Crippen LogP contribution in [-0.2, 0) is 23.9 Å². The number of ether oxygens (including phenoxy) is 1. The molecule has 0 amide bonds. The minimum absolute atomic E-state index is 0.0684. The predicted molar refractivity (Wildman–Crippen MR) is 129 cm³/mol. The minimum Gasteiger partial charge on any atom is -0.616 e. The van der Waals surface area contributed by atoms with E-state index in [4.69, 9.17) is 21.4 Å². The molecule has 3 aromatic rings. The lowest BCUT2D eigenvalue weighted by Gasteiger charge is -2.23. The van der Waals surface area contributed by atoms with Gasteiger partial charge in [-0.2, -0.15) is 13.2 Å². The van der Waals surface area contributed by atoms with Crippen molar-refractivity contribution in [1.29, 1.82) is 0 Å². The summed E-state index contributed by atoms with van der Waals surface area (Å²) in [7, 11) is 0. The van der Waals surface area contributed by atoms with E-state index in [1.807, 2.05) is 16.8 Å². The van der Waals surface area contributed by atoms with Crippen LogP contribution in [0.25, 0.3) is 11.0 Å². The molecular formula is C23H22ClF3N4O3S. The molecule has 35 heavy (non-hydrogen) atoms. The maximum absolute atomic E-state index is 13.0. The Morgan fingerprint density at radius 3 is 2.80 bits per heavy atom. The van der Waals surface area contributed by atoms with Gasteiger partial charge in [0.25, 0.3) is 0 Å². The first-order valence-corrected chi connectivity index (χ1v) is 12.6. The number of aliphatic hydroxyl groups is 1. The molecule has 2 heterocycles. The number of nitrogens with one attached hydrogen (secondary N) is 1. The van der Waals surface area contributed by atoms with Gasteiger partial charge in [0.15, 0.2) is 5.82 Å². The van der Waals surface area contributed by atoms with E-state index in [-0.39, 0.29) is 18.1 Å². The van der Waals surface area contributed by atoms with Gasteiger partial charge in [0.1, 0.15) is 35.2 Å². The Kier molecular flexibility index (Phi) is 7.90. The first kappa shape index (κ1) is 25.4. The van der Waals surface area contributed by atoms with Crippen LogP contribution in [0.2, 0.25) is 0 Å². The number of aryl methyl sites for hydroxylation is 1. The first-order valence-electron chi connectivity index (χ1n) is 10.7. The summed E-state index contributed by atoms with van der Waals surface area (Å²) in [6.07, 6.45) is 3.19. The molecule has 3 atom stereocenters. The fourth-order valence-corrected chi connectivity index (χ4v) is 4.65. The number of hydrogen-bond donors (Lipinski definition) is 2. The molecule has 12 heteroatoms. The zero-order chi connectivity index (χ0) is 25.0. The Hall–Kier alpha value is -2.73. The fraction of sp³-hybridized carbons (Fsp3) is 0.304. The number of aliphatic hydroxyl groups excluding tert-OH is 1. The highest BCUT2D eigenvalue weighted by atomic mass is 35.5. The molecule has 4 rings (SSSR count). The number of allylic oxidation sites excluding steroid dienone is 1. The molecule has 0 spiro atoms. The zero-order valence-electron chi connectivity index (χ0n) is 18.3. The number of nitrogens with zero attached hydrogens (tertiary/aromatic N) is 3. The molecule has 1 aromatic carbocycles. The van der Waals surface area contributed by atoms with Gasteiger partial charge in [-0.05, 0) is 53.7 Å². The van der Waals surface area contributed by atoms with Crippen LogP contribution >= 0.6 is 11.6 Å². The maximum atomic E-state index is 13.0. The van der Waals surface area contributed by atoms with Crippen molar-refractivity contribution >= 4 is 39.6 Å². The van der Waals surface area contributed by atoms with Crippen molar-refractivity contribution in [2.45, 2.75) is 24.2 Å². The molecule has 186 valence electrons. The summed E-state index contributed by atoms with van der Waals surface area (Å²) in [5, 5.41) is 11.5. The third kappa shape index (κ3) is 6.29. The Morgan fingerprint density at radius 2 is 2.06 bits per heavy atom. The van der Waals surface area contributed by atoms with Crippen LogP contribution in [0.1, 0.15) is 5.56 Å². The summed E-state index contributed by atoms with van der Waals surface area (Å²) in [5.41, 5.74) is 1.25. The normalized spacial score (nSPS) is 19.0. The average Bonchev–Trinajstić information content (AvgIpc) is 3.24. The highest BCUT2D eigenvalue weighted by Gasteiger charge is 2.31. The van der Waals surface area contributed by atoms with E-state index < -0.39 is 34.4 Å². The maximum Gasteiger partial charge on any atom is 0.416 e. The van der Waals surface area contributed by atoms with E-state index in [2.05, 4.69) is 15.3 Å². The van der Waals surface area contributed by atoms with E-state index in [9.17, 15) is 17.7 Å². The third-order valence-corrected chi connectivity index (χ3v) is 6.89. The summed E-state index contributed by atoms with van der Waals surface area (Å²) in [5.74, 6) is 1.18. The lowest BCUT2D eigenvalue weighted by molar-refractivity contribution is -0.137. The third-order valence-electron chi connectivity index (χ3n) is 5.24. The Morgan fingerprint density at radius 1 is 1.23 bits per heavy atom. The second kappa shape index (κ2) is 10.9. The van der Waals surface area contributed by atoms with Gasteiger partial charge >= 0.3 is 6.18 Å². The van der Waals surface area contributed by atoms with Gasteiger partial charge in [-0.25, -0.2) is 9.97 Å². The molecule has 0 aliphatic heterocycles. The number of hydrogen-bond acceptors (Lipinski definition) is 6. The van der Waals surface area contributed by atoms with Crippen LogP contribution in [0.15, 0.2) is 66.8 Å². The van der Waals surface area contributed by atoms with Crippen molar-refractivity contribution in [3.05, 3.63) is 72.3 Å². The largest absolute Gasteiger partial charge is 0.616 e. The predicted octanol–water partition coefficient (Wildman–Crippen LogP) is 4.11. The number of anilines is 1. The molecule has 0 fully saturated rings. The van der Waals surface area contributed by atoms with Crippen molar-refractivity contribution in [1.82, 2.24) is 14.5 Å². The molecule has 0 saturated heterocycles. The van der Waals surface area contributed by atoms with Gasteiger partial charge in [-0.3, -0.25) is 0 Å². The monoisotopic (exact) mass is 526 g/mol. The number of alkyl halides is 4. The second-order valence-electron chi connectivity index (χ2n) is 7.70. The average molecular weight is 527 g/mol. The Labute approximate surface area is 207 Å². The first-order chi connectivity index (χ1) is 16.7. The summed E-state index contributed by atoms with van der Waals surface area (Å²) < 4.78 is 58.4. The van der Waals surface area contributed by atoms with Crippen LogP contribution in [-0.4, -0.2) is 53.8 Å². The van der Waals surface area contributed by atoms with E-state index in [0.717, 1.165) is 17.6 Å². The summed E-state index contributed by atoms with van der Waals surface area (Å²) in [6.45, 7) is 0.325. The standard InChI is InChI=1S/C23H22ClF3N4O3S/c24-18-13-16(4-5-20(18)34-17-3-1-2-15(12-17)23(25,26)27)30-22-21-19(28-14-29-22)6-7-31(21)8-10-35(33)11-9-32/h1-7,12-14,18,20,32H,8-11H2,(H,28,29,30). The van der Waals surface area contributed by atoms with E-state index >= 15 is 0 Å². The highest BCUT2D eigenvalue weighted by Crippen LogP contribution is 2.32. The van der Waals surface area contributed by atoms with Crippen molar-refractivity contribution in [3.63, 3.8) is 0 Å². The van der Waals surface area contributed by atoms with Crippen molar-refractivity contribution < 1.29 is 27.6 Å². The Bertz CT molecular complexity index is 1230. The quantitative estimate of drug-likeness (QED) is 0.322. The lowest BCUT2D eigenvalue weighted by Crippen LogP contribution is -2.27. The fourth-order valence-electron chi connectivity index (χ4n) is 3.57. The second-order valence-corrected chi connectivity index (χ2v) is 9.90. The van der Waals surface area contributed by atoms with Crippen molar-refractivity contribution in [2.24, 2.45) is 0 Å². The number of rotatable bonds is 9. The molecule has 1 aliphatic rings. The van der Waals surface area contributed by atoms with Gasteiger partial charge in [0.05, 0.1) is 29.6 Å². The van der Waals surface area contributed by atoms with E-state index in [1.54, 1.807) is 18.2 Å². The van der Waals surface area contributed by atoms with Crippen LogP contribution < -0.4 is 10.1 Å². The number of halogens is 4. The topological polar surface area (TPSA) is 95.3 Å². The number of aromatic nitrogens is 3. The van der Waals surface area contributed by atoms with Gasteiger partial charge in [0.2, 0.25) is 0 Å². The van der Waals surface area contributed by atoms with Crippen LogP contribution in [0.5, 0.6) is 5.75 Å². The van der Waals surface area contributed by atoms with Crippen LogP contribution in [0.3, 0.4) is 0 Å².